The zero-order chi connectivity index (χ0) is 17.7. The lowest BCUT2D eigenvalue weighted by molar-refractivity contribution is -0.154. The van der Waals surface area contributed by atoms with Crippen LogP contribution in [0.15, 0.2) is 30.3 Å². The first-order valence-electron chi connectivity index (χ1n) is 7.71. The third kappa shape index (κ3) is 4.85. The van der Waals surface area contributed by atoms with Crippen LogP contribution in [0.5, 0.6) is 0 Å². The Morgan fingerprint density at radius 2 is 2.08 bits per heavy atom. The number of carbonyl (C=O) groups excluding carboxylic acids is 1. The molecule has 8 heteroatoms. The van der Waals surface area contributed by atoms with Gasteiger partial charge in [0.15, 0.2) is 0 Å². The summed E-state index contributed by atoms with van der Waals surface area (Å²) in [6, 6.07) is 5.06. The van der Waals surface area contributed by atoms with Gasteiger partial charge in [0.05, 0.1) is 31.9 Å². The maximum Gasteiger partial charge on any atom is 0.408 e. The average molecular weight is 346 g/mol. The lowest BCUT2D eigenvalue weighted by Crippen LogP contribution is -2.58. The number of aliphatic hydroxyl groups is 1. The Morgan fingerprint density at radius 3 is 2.67 bits per heavy atom. The number of amides is 2. The van der Waals surface area contributed by atoms with E-state index in [1.807, 2.05) is 0 Å². The summed E-state index contributed by atoms with van der Waals surface area (Å²) in [6.45, 7) is 1.63. The number of hydrogen-bond donors (Lipinski definition) is 2. The zero-order valence-corrected chi connectivity index (χ0v) is 13.3. The minimum atomic E-state index is -4.56. The number of halogens is 3. The molecule has 1 aromatic carbocycles. The Hall–Kier alpha value is -1.80. The van der Waals surface area contributed by atoms with Crippen LogP contribution in [-0.4, -0.2) is 60.2 Å². The number of hydrogen-bond acceptors (Lipinski definition) is 3. The largest absolute Gasteiger partial charge is 0.408 e. The minimum Gasteiger partial charge on any atom is -0.394 e. The van der Waals surface area contributed by atoms with Crippen molar-refractivity contribution in [3.8, 4) is 0 Å². The number of morpholine rings is 1. The molecule has 1 fully saturated rings. The van der Waals surface area contributed by atoms with Gasteiger partial charge in [-0.2, -0.15) is 13.2 Å². The van der Waals surface area contributed by atoms with Crippen molar-refractivity contribution in [3.63, 3.8) is 0 Å². The van der Waals surface area contributed by atoms with Crippen LogP contribution in [0.25, 0.3) is 0 Å². The molecule has 2 N–H and O–H groups in total. The number of nitrogens with one attached hydrogen (secondary N) is 1. The first-order valence-corrected chi connectivity index (χ1v) is 7.71. The number of aliphatic hydroxyl groups excluding tert-OH is 1. The fourth-order valence-electron chi connectivity index (χ4n) is 2.54. The summed E-state index contributed by atoms with van der Waals surface area (Å²) < 4.78 is 45.1. The van der Waals surface area contributed by atoms with Crippen LogP contribution in [0.1, 0.15) is 12.5 Å². The maximum absolute atomic E-state index is 13.3. The molecule has 134 valence electrons. The number of urea groups is 1. The highest BCUT2D eigenvalue weighted by molar-refractivity contribution is 5.75. The predicted molar refractivity (Wildman–Crippen MR) is 81.5 cm³/mol. The number of alkyl halides is 3. The van der Waals surface area contributed by atoms with Gasteiger partial charge in [0, 0.05) is 6.42 Å². The molecule has 0 saturated carbocycles. The minimum absolute atomic E-state index is 0.0550. The van der Waals surface area contributed by atoms with E-state index in [1.54, 1.807) is 37.3 Å². The summed E-state index contributed by atoms with van der Waals surface area (Å²) in [5.74, 6) is 0. The van der Waals surface area contributed by atoms with E-state index < -0.39 is 24.4 Å². The van der Waals surface area contributed by atoms with E-state index in [2.05, 4.69) is 5.32 Å². The molecule has 1 aliphatic rings. The van der Waals surface area contributed by atoms with E-state index in [4.69, 9.17) is 9.84 Å². The molecule has 5 nitrogen and oxygen atoms in total. The molecular formula is C16H21F3N2O3. The van der Waals surface area contributed by atoms with Crippen molar-refractivity contribution < 1.29 is 27.8 Å². The lowest BCUT2D eigenvalue weighted by Gasteiger charge is -2.38. The molecule has 0 spiro atoms. The highest BCUT2D eigenvalue weighted by Gasteiger charge is 2.42. The molecule has 2 amide bonds. The molecule has 2 rings (SSSR count). The third-order valence-electron chi connectivity index (χ3n) is 3.95. The molecule has 0 bridgehead atoms. The van der Waals surface area contributed by atoms with Crippen LogP contribution in [0.2, 0.25) is 0 Å². The standard InChI is InChI=1S/C16H21F3N2O3/c1-11-10-24-13(9-22)8-21(11)15(23)20-14(16(17,18)19)7-12-5-3-2-4-6-12/h2-6,11,13-14,22H,7-10H2,1H3,(H,20,23)/t11-,13-,14-/m1/s1. The average Bonchev–Trinajstić information content (AvgIpc) is 2.54. The van der Waals surface area contributed by atoms with Crippen molar-refractivity contribution in [2.24, 2.45) is 0 Å². The molecule has 0 aromatic heterocycles. The Labute approximate surface area is 138 Å². The van der Waals surface area contributed by atoms with E-state index in [-0.39, 0.29) is 32.2 Å². The number of carbonyl (C=O) groups is 1. The second kappa shape index (κ2) is 7.85. The summed E-state index contributed by atoms with van der Waals surface area (Å²) in [6.07, 6.45) is -5.47. The molecule has 1 heterocycles. The van der Waals surface area contributed by atoms with Gasteiger partial charge in [0.2, 0.25) is 0 Å². The van der Waals surface area contributed by atoms with Crippen LogP contribution >= 0.6 is 0 Å². The van der Waals surface area contributed by atoms with E-state index in [1.165, 1.54) is 4.90 Å². The monoisotopic (exact) mass is 346 g/mol. The Morgan fingerprint density at radius 1 is 1.42 bits per heavy atom. The third-order valence-corrected chi connectivity index (χ3v) is 3.95. The van der Waals surface area contributed by atoms with E-state index >= 15 is 0 Å². The van der Waals surface area contributed by atoms with Crippen molar-refractivity contribution >= 4 is 6.03 Å². The van der Waals surface area contributed by atoms with Crippen molar-refractivity contribution in [1.29, 1.82) is 0 Å². The van der Waals surface area contributed by atoms with Gasteiger partial charge in [0.25, 0.3) is 0 Å². The van der Waals surface area contributed by atoms with Crippen LogP contribution in [-0.2, 0) is 11.2 Å². The number of rotatable bonds is 4. The molecule has 24 heavy (non-hydrogen) atoms. The molecule has 0 aliphatic carbocycles. The fourth-order valence-corrected chi connectivity index (χ4v) is 2.54. The van der Waals surface area contributed by atoms with Gasteiger partial charge < -0.3 is 20.1 Å². The summed E-state index contributed by atoms with van der Waals surface area (Å²) in [4.78, 5) is 13.6. The fraction of sp³-hybridized carbons (Fsp3) is 0.562. The molecule has 1 aromatic rings. The van der Waals surface area contributed by atoms with Crippen molar-refractivity contribution in [1.82, 2.24) is 10.2 Å². The lowest BCUT2D eigenvalue weighted by atomic mass is 10.1. The second-order valence-electron chi connectivity index (χ2n) is 5.87. The molecule has 1 aliphatic heterocycles. The van der Waals surface area contributed by atoms with Crippen LogP contribution in [0.3, 0.4) is 0 Å². The molecular weight excluding hydrogens is 325 g/mol. The van der Waals surface area contributed by atoms with Crippen LogP contribution in [0.4, 0.5) is 18.0 Å². The highest BCUT2D eigenvalue weighted by atomic mass is 19.4. The first-order chi connectivity index (χ1) is 11.3. The van der Waals surface area contributed by atoms with Gasteiger partial charge in [-0.1, -0.05) is 30.3 Å². The summed E-state index contributed by atoms with van der Waals surface area (Å²) >= 11 is 0. The summed E-state index contributed by atoms with van der Waals surface area (Å²) in [7, 11) is 0. The Balaban J connectivity index is 2.06. The zero-order valence-electron chi connectivity index (χ0n) is 13.3. The quantitative estimate of drug-likeness (QED) is 0.876. The van der Waals surface area contributed by atoms with Gasteiger partial charge in [-0.15, -0.1) is 0 Å². The van der Waals surface area contributed by atoms with Crippen molar-refractivity contribution in [2.75, 3.05) is 19.8 Å². The number of ether oxygens (including phenoxy) is 1. The van der Waals surface area contributed by atoms with E-state index in [9.17, 15) is 18.0 Å². The van der Waals surface area contributed by atoms with E-state index in [0.29, 0.717) is 5.56 Å². The SMILES string of the molecule is C[C@@H]1CO[C@@H](CO)CN1C(=O)N[C@H](Cc1ccccc1)C(F)(F)F. The molecule has 1 saturated heterocycles. The predicted octanol–water partition coefficient (Wildman–Crippen LogP) is 1.95. The van der Waals surface area contributed by atoms with E-state index in [0.717, 1.165) is 0 Å². The number of benzene rings is 1. The van der Waals surface area contributed by atoms with Crippen LogP contribution < -0.4 is 5.32 Å². The summed E-state index contributed by atoms with van der Waals surface area (Å²) in [5, 5.41) is 11.2. The van der Waals surface area contributed by atoms with Gasteiger partial charge in [-0.25, -0.2) is 4.79 Å². The smallest absolute Gasteiger partial charge is 0.394 e. The summed E-state index contributed by atoms with van der Waals surface area (Å²) in [5.41, 5.74) is 0.489. The van der Waals surface area contributed by atoms with Gasteiger partial charge >= 0.3 is 12.2 Å². The highest BCUT2D eigenvalue weighted by Crippen LogP contribution is 2.24. The second-order valence-corrected chi connectivity index (χ2v) is 5.87. The Bertz CT molecular complexity index is 539. The number of nitrogens with zero attached hydrogens (tertiary/aromatic N) is 1. The molecule has 0 unspecified atom stereocenters. The van der Waals surface area contributed by atoms with Crippen molar-refractivity contribution in [2.45, 2.75) is 37.7 Å². The Kier molecular flexibility index (Phi) is 6.06. The van der Waals surface area contributed by atoms with Crippen LogP contribution in [0, 0.1) is 0 Å². The molecule has 3 atom stereocenters. The normalized spacial score (nSPS) is 23.0. The maximum atomic E-state index is 13.3. The topological polar surface area (TPSA) is 61.8 Å². The van der Waals surface area contributed by atoms with Gasteiger partial charge in [0.1, 0.15) is 6.04 Å². The molecule has 0 radical (unpaired) electrons. The van der Waals surface area contributed by atoms with Gasteiger partial charge in [-0.05, 0) is 12.5 Å². The van der Waals surface area contributed by atoms with Gasteiger partial charge in [-0.3, -0.25) is 0 Å². The first kappa shape index (κ1) is 18.5. The van der Waals surface area contributed by atoms with Crippen molar-refractivity contribution in [3.05, 3.63) is 35.9 Å².